The zero-order chi connectivity index (χ0) is 12.1. The van der Waals surface area contributed by atoms with Crippen molar-refractivity contribution in [3.05, 3.63) is 29.8 Å². The highest BCUT2D eigenvalue weighted by Crippen LogP contribution is 2.22. The van der Waals surface area contributed by atoms with Crippen molar-refractivity contribution >= 4 is 0 Å². The predicted octanol–water partition coefficient (Wildman–Crippen LogP) is 1.66. The van der Waals surface area contributed by atoms with Gasteiger partial charge in [0.05, 0.1) is 0 Å². The standard InChI is InChI=1S/C14H22N2O/c1-16-10-7-13(8-11-16)17-14-5-3-2-4-12(14)6-9-15/h2-5,13H,6-11,15H2,1H3. The minimum Gasteiger partial charge on any atom is -0.490 e. The van der Waals surface area contributed by atoms with Crippen LogP contribution in [0.15, 0.2) is 24.3 Å². The van der Waals surface area contributed by atoms with Crippen LogP contribution in [0.25, 0.3) is 0 Å². The summed E-state index contributed by atoms with van der Waals surface area (Å²) in [6.45, 7) is 2.93. The fraction of sp³-hybridized carbons (Fsp3) is 0.571. The summed E-state index contributed by atoms with van der Waals surface area (Å²) in [5, 5.41) is 0. The van der Waals surface area contributed by atoms with Gasteiger partial charge in [0.2, 0.25) is 0 Å². The number of hydrogen-bond acceptors (Lipinski definition) is 3. The van der Waals surface area contributed by atoms with Crippen LogP contribution in [-0.2, 0) is 6.42 Å². The number of rotatable bonds is 4. The van der Waals surface area contributed by atoms with Crippen LogP contribution >= 0.6 is 0 Å². The molecule has 0 atom stereocenters. The first kappa shape index (κ1) is 12.4. The molecule has 0 unspecified atom stereocenters. The maximum atomic E-state index is 6.11. The molecular formula is C14H22N2O. The first-order chi connectivity index (χ1) is 8.29. The van der Waals surface area contributed by atoms with Gasteiger partial charge < -0.3 is 15.4 Å². The van der Waals surface area contributed by atoms with Gasteiger partial charge in [0, 0.05) is 13.1 Å². The van der Waals surface area contributed by atoms with Crippen molar-refractivity contribution in [2.45, 2.75) is 25.4 Å². The van der Waals surface area contributed by atoms with E-state index in [1.807, 2.05) is 12.1 Å². The summed E-state index contributed by atoms with van der Waals surface area (Å²) in [5.74, 6) is 1.02. The number of hydrogen-bond donors (Lipinski definition) is 1. The molecule has 0 spiro atoms. The van der Waals surface area contributed by atoms with E-state index in [1.54, 1.807) is 0 Å². The second-order valence-electron chi connectivity index (χ2n) is 4.77. The summed E-state index contributed by atoms with van der Waals surface area (Å²) in [7, 11) is 2.17. The van der Waals surface area contributed by atoms with Crippen LogP contribution < -0.4 is 10.5 Å². The molecule has 0 aliphatic carbocycles. The van der Waals surface area contributed by atoms with E-state index in [9.17, 15) is 0 Å². The van der Waals surface area contributed by atoms with Crippen molar-refractivity contribution in [2.75, 3.05) is 26.7 Å². The van der Waals surface area contributed by atoms with Crippen LogP contribution in [0.5, 0.6) is 5.75 Å². The molecular weight excluding hydrogens is 212 g/mol. The molecule has 0 aromatic heterocycles. The molecule has 3 heteroatoms. The van der Waals surface area contributed by atoms with E-state index in [4.69, 9.17) is 10.5 Å². The van der Waals surface area contributed by atoms with Crippen LogP contribution in [0.4, 0.5) is 0 Å². The summed E-state index contributed by atoms with van der Waals surface area (Å²) in [6, 6.07) is 8.25. The van der Waals surface area contributed by atoms with Gasteiger partial charge in [-0.3, -0.25) is 0 Å². The highest BCUT2D eigenvalue weighted by atomic mass is 16.5. The Morgan fingerprint density at radius 2 is 2.00 bits per heavy atom. The normalized spacial score (nSPS) is 18.2. The third kappa shape index (κ3) is 3.45. The summed E-state index contributed by atoms with van der Waals surface area (Å²) < 4.78 is 6.11. The van der Waals surface area contributed by atoms with E-state index >= 15 is 0 Å². The topological polar surface area (TPSA) is 38.5 Å². The monoisotopic (exact) mass is 234 g/mol. The van der Waals surface area contributed by atoms with Crippen LogP contribution in [0.2, 0.25) is 0 Å². The Labute approximate surface area is 104 Å². The molecule has 1 aromatic carbocycles. The lowest BCUT2D eigenvalue weighted by Crippen LogP contribution is -2.35. The van der Waals surface area contributed by atoms with Gasteiger partial charge in [0.1, 0.15) is 11.9 Å². The number of nitrogens with zero attached hydrogens (tertiary/aromatic N) is 1. The van der Waals surface area contributed by atoms with E-state index in [1.165, 1.54) is 5.56 Å². The zero-order valence-electron chi connectivity index (χ0n) is 10.6. The maximum Gasteiger partial charge on any atom is 0.122 e. The van der Waals surface area contributed by atoms with Crippen LogP contribution in [0.3, 0.4) is 0 Å². The minimum absolute atomic E-state index is 0.366. The average molecular weight is 234 g/mol. The summed E-state index contributed by atoms with van der Waals surface area (Å²) >= 11 is 0. The van der Waals surface area contributed by atoms with E-state index in [-0.39, 0.29) is 0 Å². The molecule has 94 valence electrons. The molecule has 1 heterocycles. The lowest BCUT2D eigenvalue weighted by Gasteiger charge is -2.29. The van der Waals surface area contributed by atoms with E-state index in [2.05, 4.69) is 24.1 Å². The molecule has 17 heavy (non-hydrogen) atoms. The number of benzene rings is 1. The van der Waals surface area contributed by atoms with Gasteiger partial charge in [0.15, 0.2) is 0 Å². The second-order valence-corrected chi connectivity index (χ2v) is 4.77. The molecule has 1 fully saturated rings. The van der Waals surface area contributed by atoms with E-state index in [0.717, 1.165) is 38.1 Å². The number of para-hydroxylation sites is 1. The summed E-state index contributed by atoms with van der Waals surface area (Å²) in [4.78, 5) is 2.35. The quantitative estimate of drug-likeness (QED) is 0.861. The molecule has 0 bridgehead atoms. The smallest absolute Gasteiger partial charge is 0.122 e. The fourth-order valence-corrected chi connectivity index (χ4v) is 2.26. The van der Waals surface area contributed by atoms with Crippen molar-refractivity contribution in [1.29, 1.82) is 0 Å². The zero-order valence-corrected chi connectivity index (χ0v) is 10.6. The SMILES string of the molecule is CN1CCC(Oc2ccccc2CCN)CC1. The van der Waals surface area contributed by atoms with Gasteiger partial charge in [-0.05, 0) is 44.5 Å². The molecule has 2 N–H and O–H groups in total. The van der Waals surface area contributed by atoms with Crippen LogP contribution in [0, 0.1) is 0 Å². The Kier molecular flexibility index (Phi) is 4.40. The van der Waals surface area contributed by atoms with E-state index < -0.39 is 0 Å². The third-order valence-electron chi connectivity index (χ3n) is 3.35. The largest absolute Gasteiger partial charge is 0.490 e. The van der Waals surface area contributed by atoms with Crippen LogP contribution in [0.1, 0.15) is 18.4 Å². The van der Waals surface area contributed by atoms with Gasteiger partial charge in [0.25, 0.3) is 0 Å². The Morgan fingerprint density at radius 1 is 1.29 bits per heavy atom. The highest BCUT2D eigenvalue weighted by molar-refractivity contribution is 5.33. The van der Waals surface area contributed by atoms with Crippen molar-refractivity contribution in [1.82, 2.24) is 4.90 Å². The molecule has 0 amide bonds. The molecule has 1 aromatic rings. The minimum atomic E-state index is 0.366. The maximum absolute atomic E-state index is 6.11. The number of ether oxygens (including phenoxy) is 1. The summed E-state index contributed by atoms with van der Waals surface area (Å²) in [5.41, 5.74) is 6.85. The van der Waals surface area contributed by atoms with Gasteiger partial charge >= 0.3 is 0 Å². The van der Waals surface area contributed by atoms with Gasteiger partial charge in [-0.2, -0.15) is 0 Å². The predicted molar refractivity (Wildman–Crippen MR) is 70.3 cm³/mol. The van der Waals surface area contributed by atoms with E-state index in [0.29, 0.717) is 12.6 Å². The number of nitrogens with two attached hydrogens (primary N) is 1. The Morgan fingerprint density at radius 3 is 2.71 bits per heavy atom. The van der Waals surface area contributed by atoms with Gasteiger partial charge in [-0.15, -0.1) is 0 Å². The average Bonchev–Trinajstić information content (AvgIpc) is 2.35. The van der Waals surface area contributed by atoms with Crippen molar-refractivity contribution < 1.29 is 4.74 Å². The molecule has 0 radical (unpaired) electrons. The Balaban J connectivity index is 1.98. The van der Waals surface area contributed by atoms with Crippen molar-refractivity contribution in [3.8, 4) is 5.75 Å². The first-order valence-electron chi connectivity index (χ1n) is 6.43. The lowest BCUT2D eigenvalue weighted by atomic mass is 10.1. The van der Waals surface area contributed by atoms with Crippen LogP contribution in [-0.4, -0.2) is 37.7 Å². The third-order valence-corrected chi connectivity index (χ3v) is 3.35. The molecule has 2 rings (SSSR count). The highest BCUT2D eigenvalue weighted by Gasteiger charge is 2.18. The first-order valence-corrected chi connectivity index (χ1v) is 6.43. The molecule has 0 saturated carbocycles. The summed E-state index contributed by atoms with van der Waals surface area (Å²) in [6.07, 6.45) is 3.49. The lowest BCUT2D eigenvalue weighted by molar-refractivity contribution is 0.113. The van der Waals surface area contributed by atoms with Crippen molar-refractivity contribution in [3.63, 3.8) is 0 Å². The second kappa shape index (κ2) is 6.03. The number of piperidine rings is 1. The Bertz CT molecular complexity index is 346. The molecule has 1 aliphatic heterocycles. The molecule has 1 saturated heterocycles. The number of likely N-dealkylation sites (tertiary alicyclic amines) is 1. The Hall–Kier alpha value is -1.06. The fourth-order valence-electron chi connectivity index (χ4n) is 2.26. The molecule has 3 nitrogen and oxygen atoms in total. The molecule has 1 aliphatic rings. The van der Waals surface area contributed by atoms with Gasteiger partial charge in [-0.25, -0.2) is 0 Å². The van der Waals surface area contributed by atoms with Crippen molar-refractivity contribution in [2.24, 2.45) is 5.73 Å². The van der Waals surface area contributed by atoms with Gasteiger partial charge in [-0.1, -0.05) is 18.2 Å².